The van der Waals surface area contributed by atoms with Crippen LogP contribution in [0.1, 0.15) is 11.1 Å². The largest absolute Gasteiger partial charge is 0.356 e. The summed E-state index contributed by atoms with van der Waals surface area (Å²) in [5, 5.41) is 3.61. The average molecular weight is 221 g/mol. The van der Waals surface area contributed by atoms with Crippen molar-refractivity contribution in [2.24, 2.45) is 0 Å². The summed E-state index contributed by atoms with van der Waals surface area (Å²) in [6, 6.07) is 13.1. The van der Waals surface area contributed by atoms with Crippen LogP contribution in [0.3, 0.4) is 0 Å². The summed E-state index contributed by atoms with van der Waals surface area (Å²) in [4.78, 5) is 0. The summed E-state index contributed by atoms with van der Waals surface area (Å²) in [7, 11) is 0. The fourth-order valence-corrected chi connectivity index (χ4v) is 2.74. The minimum atomic E-state index is 0.473. The van der Waals surface area contributed by atoms with Crippen molar-refractivity contribution < 1.29 is 0 Å². The Hall–Kier alpha value is -1.70. The van der Waals surface area contributed by atoms with Crippen LogP contribution in [-0.4, -0.2) is 6.71 Å². The quantitative estimate of drug-likeness (QED) is 0.674. The predicted molar refractivity (Wildman–Crippen MR) is 76.5 cm³/mol. The Morgan fingerprint density at radius 3 is 1.76 bits per heavy atom. The van der Waals surface area contributed by atoms with Gasteiger partial charge in [0.2, 0.25) is 6.71 Å². The molecule has 0 unspecified atom stereocenters. The number of rotatable bonds is 0. The molecule has 0 fully saturated rings. The second-order valence-corrected chi connectivity index (χ2v) is 4.92. The molecule has 3 rings (SSSR count). The third kappa shape index (κ3) is 1.48. The van der Waals surface area contributed by atoms with Gasteiger partial charge >= 0.3 is 0 Å². The van der Waals surface area contributed by atoms with Crippen molar-refractivity contribution in [1.82, 2.24) is 0 Å². The molecule has 0 aliphatic carbocycles. The van der Waals surface area contributed by atoms with E-state index >= 15 is 0 Å². The van der Waals surface area contributed by atoms with E-state index in [1.165, 1.54) is 33.4 Å². The van der Waals surface area contributed by atoms with Crippen LogP contribution in [0.25, 0.3) is 0 Å². The Kier molecular flexibility index (Phi) is 2.25. The topological polar surface area (TPSA) is 12.0 Å². The van der Waals surface area contributed by atoms with Crippen LogP contribution >= 0.6 is 0 Å². The Balaban J connectivity index is 2.25. The Morgan fingerprint density at radius 1 is 0.824 bits per heavy atom. The van der Waals surface area contributed by atoms with Crippen LogP contribution in [0.15, 0.2) is 36.4 Å². The predicted octanol–water partition coefficient (Wildman–Crippen LogP) is 2.60. The van der Waals surface area contributed by atoms with Crippen molar-refractivity contribution in [1.29, 1.82) is 0 Å². The van der Waals surface area contributed by atoms with E-state index in [9.17, 15) is 0 Å². The van der Waals surface area contributed by atoms with E-state index in [1.807, 2.05) is 0 Å². The van der Waals surface area contributed by atoms with Gasteiger partial charge in [0.05, 0.1) is 0 Å². The molecule has 2 heteroatoms. The fraction of sp³-hybridized carbons (Fsp3) is 0.200. The maximum absolute atomic E-state index is 3.61. The molecule has 2 aromatic rings. The van der Waals surface area contributed by atoms with Crippen LogP contribution < -0.4 is 16.2 Å². The third-order valence-electron chi connectivity index (χ3n) is 3.79. The third-order valence-corrected chi connectivity index (χ3v) is 3.79. The molecule has 0 spiro atoms. The van der Waals surface area contributed by atoms with Crippen molar-refractivity contribution >= 4 is 29.0 Å². The second-order valence-electron chi connectivity index (χ2n) is 4.92. The number of fused-ring (bicyclic) bond motifs is 2. The number of hydrogen-bond donors (Lipinski definition) is 1. The van der Waals surface area contributed by atoms with Crippen molar-refractivity contribution in [2.75, 3.05) is 5.32 Å². The molecule has 1 heterocycles. The van der Waals surface area contributed by atoms with Crippen LogP contribution in [-0.2, 0) is 0 Å². The van der Waals surface area contributed by atoms with Gasteiger partial charge in [0.15, 0.2) is 0 Å². The number of para-hydroxylation sites is 2. The minimum Gasteiger partial charge on any atom is -0.356 e. The van der Waals surface area contributed by atoms with Gasteiger partial charge in [-0.1, -0.05) is 54.1 Å². The fourth-order valence-electron chi connectivity index (χ4n) is 2.74. The highest BCUT2D eigenvalue weighted by Gasteiger charge is 2.26. The van der Waals surface area contributed by atoms with Gasteiger partial charge in [-0.05, 0) is 25.0 Å². The molecule has 17 heavy (non-hydrogen) atoms. The molecule has 0 saturated carbocycles. The van der Waals surface area contributed by atoms with E-state index < -0.39 is 0 Å². The first-order chi connectivity index (χ1) is 8.18. The minimum absolute atomic E-state index is 0.473. The molecule has 0 saturated heterocycles. The molecule has 0 aromatic heterocycles. The maximum Gasteiger partial charge on any atom is 0.211 e. The van der Waals surface area contributed by atoms with Gasteiger partial charge in [0.1, 0.15) is 0 Å². The molecular weight excluding hydrogens is 205 g/mol. The van der Waals surface area contributed by atoms with Gasteiger partial charge in [-0.25, -0.2) is 0 Å². The Bertz CT molecular complexity index is 538. The first-order valence-corrected chi connectivity index (χ1v) is 6.14. The number of hydrogen-bond acceptors (Lipinski definition) is 1. The average Bonchev–Trinajstić information content (AvgIpc) is 2.32. The van der Waals surface area contributed by atoms with E-state index in [2.05, 4.69) is 62.4 Å². The summed E-state index contributed by atoms with van der Waals surface area (Å²) < 4.78 is 0. The summed E-state index contributed by atoms with van der Waals surface area (Å²) in [6.07, 6.45) is 0. The SMILES string of the molecule is CB1c2cccc(C)c2Nc2c(C)cccc21. The standard InChI is InChI=1S/C15H16BN/c1-10-6-4-8-12-14(10)17-15-11(2)7-5-9-13(15)16(12)3/h4-9,17H,1-3H3. The van der Waals surface area contributed by atoms with Crippen LogP contribution in [0.2, 0.25) is 6.82 Å². The summed E-state index contributed by atoms with van der Waals surface area (Å²) in [5.74, 6) is 0. The van der Waals surface area contributed by atoms with Crippen LogP contribution in [0.5, 0.6) is 0 Å². The van der Waals surface area contributed by atoms with Gasteiger partial charge < -0.3 is 5.32 Å². The maximum atomic E-state index is 3.61. The first kappa shape index (κ1) is 10.5. The second kappa shape index (κ2) is 3.66. The zero-order valence-electron chi connectivity index (χ0n) is 10.5. The highest BCUT2D eigenvalue weighted by molar-refractivity contribution is 6.87. The first-order valence-electron chi connectivity index (χ1n) is 6.14. The number of anilines is 2. The van der Waals surface area contributed by atoms with E-state index in [1.54, 1.807) is 0 Å². The van der Waals surface area contributed by atoms with Gasteiger partial charge in [0, 0.05) is 11.4 Å². The van der Waals surface area contributed by atoms with Crippen LogP contribution in [0, 0.1) is 13.8 Å². The lowest BCUT2D eigenvalue weighted by molar-refractivity contribution is 1.40. The summed E-state index contributed by atoms with van der Waals surface area (Å²) in [5.41, 5.74) is 8.04. The number of benzene rings is 2. The van der Waals surface area contributed by atoms with E-state index in [0.29, 0.717) is 6.71 Å². The molecule has 0 atom stereocenters. The Labute approximate surface area is 103 Å². The zero-order valence-corrected chi connectivity index (χ0v) is 10.5. The van der Waals surface area contributed by atoms with Gasteiger partial charge in [-0.15, -0.1) is 0 Å². The van der Waals surface area contributed by atoms with Gasteiger partial charge in [0.25, 0.3) is 0 Å². The number of nitrogens with one attached hydrogen (secondary N) is 1. The highest BCUT2D eigenvalue weighted by Crippen LogP contribution is 2.25. The molecule has 1 nitrogen and oxygen atoms in total. The lowest BCUT2D eigenvalue weighted by Crippen LogP contribution is -2.45. The summed E-state index contributed by atoms with van der Waals surface area (Å²) >= 11 is 0. The molecule has 2 aromatic carbocycles. The molecule has 0 bridgehead atoms. The van der Waals surface area contributed by atoms with Crippen molar-refractivity contribution in [3.63, 3.8) is 0 Å². The highest BCUT2D eigenvalue weighted by atomic mass is 14.9. The number of aryl methyl sites for hydroxylation is 2. The van der Waals surface area contributed by atoms with Crippen LogP contribution in [0.4, 0.5) is 11.4 Å². The van der Waals surface area contributed by atoms with Crippen molar-refractivity contribution in [3.8, 4) is 0 Å². The molecular formula is C15H16BN. The zero-order chi connectivity index (χ0) is 12.0. The summed E-state index contributed by atoms with van der Waals surface area (Å²) in [6.45, 7) is 7.10. The van der Waals surface area contributed by atoms with Crippen molar-refractivity contribution in [2.45, 2.75) is 20.7 Å². The molecule has 0 amide bonds. The Morgan fingerprint density at radius 2 is 1.29 bits per heavy atom. The normalized spacial score (nSPS) is 12.8. The monoisotopic (exact) mass is 221 g/mol. The molecule has 0 radical (unpaired) electrons. The van der Waals surface area contributed by atoms with E-state index in [0.717, 1.165) is 0 Å². The lowest BCUT2D eigenvalue weighted by atomic mass is 9.40. The molecule has 84 valence electrons. The van der Waals surface area contributed by atoms with Gasteiger partial charge in [-0.3, -0.25) is 0 Å². The molecule has 1 aliphatic heterocycles. The van der Waals surface area contributed by atoms with E-state index in [-0.39, 0.29) is 0 Å². The van der Waals surface area contributed by atoms with Crippen molar-refractivity contribution in [3.05, 3.63) is 47.5 Å². The molecule has 1 aliphatic rings. The lowest BCUT2D eigenvalue weighted by Gasteiger charge is -2.28. The molecule has 1 N–H and O–H groups in total. The van der Waals surface area contributed by atoms with Gasteiger partial charge in [-0.2, -0.15) is 0 Å². The smallest absolute Gasteiger partial charge is 0.211 e. The van der Waals surface area contributed by atoms with E-state index in [4.69, 9.17) is 0 Å².